The van der Waals surface area contributed by atoms with Crippen LogP contribution in [-0.4, -0.2) is 15.0 Å². The molecular formula is C11H12BrN3. The molecule has 0 N–H and O–H groups in total. The van der Waals surface area contributed by atoms with Crippen molar-refractivity contribution in [3.63, 3.8) is 0 Å². The van der Waals surface area contributed by atoms with Gasteiger partial charge in [-0.3, -0.25) is 0 Å². The average molecular weight is 266 g/mol. The maximum absolute atomic E-state index is 4.07. The number of aryl methyl sites for hydroxylation is 1. The minimum Gasteiger partial charge on any atom is -0.217 e. The van der Waals surface area contributed by atoms with Gasteiger partial charge in [0.1, 0.15) is 0 Å². The molecule has 0 fully saturated rings. The number of rotatable bonds is 3. The summed E-state index contributed by atoms with van der Waals surface area (Å²) in [5.41, 5.74) is 3.44. The summed E-state index contributed by atoms with van der Waals surface area (Å²) in [5.74, 6) is 0. The molecule has 0 saturated heterocycles. The Kier molecular flexibility index (Phi) is 3.16. The molecule has 1 aromatic carbocycles. The topological polar surface area (TPSA) is 30.7 Å². The predicted octanol–water partition coefficient (Wildman–Crippen LogP) is 2.72. The molecular weight excluding hydrogens is 254 g/mol. The Morgan fingerprint density at radius 3 is 3.00 bits per heavy atom. The van der Waals surface area contributed by atoms with Crippen molar-refractivity contribution in [1.29, 1.82) is 0 Å². The van der Waals surface area contributed by atoms with Crippen LogP contribution < -0.4 is 0 Å². The zero-order chi connectivity index (χ0) is 10.7. The van der Waals surface area contributed by atoms with Crippen molar-refractivity contribution in [3.8, 4) is 5.69 Å². The molecule has 0 aliphatic rings. The number of aromatic nitrogens is 3. The van der Waals surface area contributed by atoms with Crippen molar-refractivity contribution in [2.45, 2.75) is 18.7 Å². The molecule has 0 saturated carbocycles. The van der Waals surface area contributed by atoms with Gasteiger partial charge in [0, 0.05) is 5.33 Å². The second-order valence-electron chi connectivity index (χ2n) is 3.29. The van der Waals surface area contributed by atoms with Gasteiger partial charge in [-0.1, -0.05) is 40.2 Å². The maximum Gasteiger partial charge on any atom is 0.0751 e. The molecule has 1 heterocycles. The molecule has 0 unspecified atom stereocenters. The lowest BCUT2D eigenvalue weighted by Crippen LogP contribution is -2.01. The van der Waals surface area contributed by atoms with Crippen molar-refractivity contribution in [2.75, 3.05) is 0 Å². The zero-order valence-corrected chi connectivity index (χ0v) is 10.1. The van der Waals surface area contributed by atoms with E-state index in [4.69, 9.17) is 0 Å². The van der Waals surface area contributed by atoms with Crippen molar-refractivity contribution in [2.24, 2.45) is 0 Å². The van der Waals surface area contributed by atoms with Crippen LogP contribution in [0.25, 0.3) is 5.69 Å². The van der Waals surface area contributed by atoms with Gasteiger partial charge in [-0.05, 0) is 24.1 Å². The number of hydrogen-bond acceptors (Lipinski definition) is 2. The number of hydrogen-bond donors (Lipinski definition) is 0. The molecule has 0 amide bonds. The molecule has 0 aliphatic heterocycles. The van der Waals surface area contributed by atoms with Crippen LogP contribution in [0.15, 0.2) is 30.5 Å². The van der Waals surface area contributed by atoms with E-state index in [1.807, 2.05) is 16.8 Å². The maximum atomic E-state index is 4.07. The first kappa shape index (κ1) is 10.4. The Labute approximate surface area is 97.2 Å². The van der Waals surface area contributed by atoms with Crippen molar-refractivity contribution >= 4 is 15.9 Å². The molecule has 0 bridgehead atoms. The van der Waals surface area contributed by atoms with Gasteiger partial charge in [0.05, 0.1) is 17.6 Å². The molecule has 0 radical (unpaired) electrons. The van der Waals surface area contributed by atoms with E-state index in [9.17, 15) is 0 Å². The van der Waals surface area contributed by atoms with Gasteiger partial charge in [-0.15, -0.1) is 5.10 Å². The van der Waals surface area contributed by atoms with E-state index in [1.54, 1.807) is 6.20 Å². The minimum absolute atomic E-state index is 0.760. The number of benzene rings is 1. The standard InChI is InChI=1S/C11H12BrN3/c1-2-9-4-3-5-10(6-9)15-11(7-12)8-13-14-15/h3-6,8H,2,7H2,1H3. The van der Waals surface area contributed by atoms with E-state index < -0.39 is 0 Å². The number of nitrogens with zero attached hydrogens (tertiary/aromatic N) is 3. The molecule has 4 heteroatoms. The van der Waals surface area contributed by atoms with Gasteiger partial charge in [0.2, 0.25) is 0 Å². The van der Waals surface area contributed by atoms with Gasteiger partial charge >= 0.3 is 0 Å². The quantitative estimate of drug-likeness (QED) is 0.800. The largest absolute Gasteiger partial charge is 0.217 e. The fourth-order valence-electron chi connectivity index (χ4n) is 1.47. The molecule has 0 spiro atoms. The third-order valence-corrected chi connectivity index (χ3v) is 2.89. The molecule has 0 atom stereocenters. The van der Waals surface area contributed by atoms with E-state index >= 15 is 0 Å². The third-order valence-electron chi connectivity index (χ3n) is 2.32. The first-order valence-corrected chi connectivity index (χ1v) is 6.02. The van der Waals surface area contributed by atoms with E-state index in [-0.39, 0.29) is 0 Å². The number of alkyl halides is 1. The van der Waals surface area contributed by atoms with E-state index in [1.165, 1.54) is 5.56 Å². The van der Waals surface area contributed by atoms with Crippen molar-refractivity contribution < 1.29 is 0 Å². The van der Waals surface area contributed by atoms with Gasteiger partial charge in [-0.2, -0.15) is 0 Å². The predicted molar refractivity (Wildman–Crippen MR) is 63.4 cm³/mol. The van der Waals surface area contributed by atoms with Crippen LogP contribution in [-0.2, 0) is 11.8 Å². The smallest absolute Gasteiger partial charge is 0.0751 e. The third kappa shape index (κ3) is 2.09. The SMILES string of the molecule is CCc1cccc(-n2nncc2CBr)c1. The van der Waals surface area contributed by atoms with Crippen LogP contribution in [0.3, 0.4) is 0 Å². The lowest BCUT2D eigenvalue weighted by atomic mass is 10.1. The number of halogens is 1. The molecule has 0 aliphatic carbocycles. The Hall–Kier alpha value is -1.16. The second kappa shape index (κ2) is 4.57. The molecule has 3 nitrogen and oxygen atoms in total. The van der Waals surface area contributed by atoms with Gasteiger partial charge in [0.15, 0.2) is 0 Å². The summed E-state index contributed by atoms with van der Waals surface area (Å²) in [6, 6.07) is 8.35. The molecule has 1 aromatic heterocycles. The van der Waals surface area contributed by atoms with Gasteiger partial charge in [0.25, 0.3) is 0 Å². The summed E-state index contributed by atoms with van der Waals surface area (Å²) in [5, 5.41) is 8.74. The highest BCUT2D eigenvalue weighted by molar-refractivity contribution is 9.08. The van der Waals surface area contributed by atoms with Crippen LogP contribution in [0.1, 0.15) is 18.2 Å². The highest BCUT2D eigenvalue weighted by Gasteiger charge is 2.04. The van der Waals surface area contributed by atoms with Crippen LogP contribution in [0.2, 0.25) is 0 Å². The van der Waals surface area contributed by atoms with Crippen LogP contribution in [0, 0.1) is 0 Å². The Bertz CT molecular complexity index is 451. The first-order valence-electron chi connectivity index (χ1n) is 4.90. The average Bonchev–Trinajstić information content (AvgIpc) is 2.77. The van der Waals surface area contributed by atoms with E-state index in [0.29, 0.717) is 0 Å². The Morgan fingerprint density at radius 1 is 1.40 bits per heavy atom. The highest BCUT2D eigenvalue weighted by atomic mass is 79.9. The highest BCUT2D eigenvalue weighted by Crippen LogP contribution is 2.13. The lowest BCUT2D eigenvalue weighted by Gasteiger charge is -2.05. The van der Waals surface area contributed by atoms with Gasteiger partial charge < -0.3 is 0 Å². The fraction of sp³-hybridized carbons (Fsp3) is 0.273. The van der Waals surface area contributed by atoms with E-state index in [0.717, 1.165) is 23.1 Å². The summed E-state index contributed by atoms with van der Waals surface area (Å²) in [4.78, 5) is 0. The Balaban J connectivity index is 2.44. The fourth-order valence-corrected chi connectivity index (χ4v) is 1.86. The van der Waals surface area contributed by atoms with Crippen molar-refractivity contribution in [3.05, 3.63) is 41.7 Å². The van der Waals surface area contributed by atoms with Crippen LogP contribution >= 0.6 is 15.9 Å². The lowest BCUT2D eigenvalue weighted by molar-refractivity contribution is 0.781. The molecule has 78 valence electrons. The van der Waals surface area contributed by atoms with E-state index in [2.05, 4.69) is 45.3 Å². The summed E-state index contributed by atoms with van der Waals surface area (Å²) < 4.78 is 1.86. The first-order chi connectivity index (χ1) is 7.35. The summed E-state index contributed by atoms with van der Waals surface area (Å²) >= 11 is 3.42. The summed E-state index contributed by atoms with van der Waals surface area (Å²) in [6.45, 7) is 2.14. The van der Waals surface area contributed by atoms with Crippen LogP contribution in [0.4, 0.5) is 0 Å². The van der Waals surface area contributed by atoms with Crippen molar-refractivity contribution in [1.82, 2.24) is 15.0 Å². The molecule has 2 aromatic rings. The Morgan fingerprint density at radius 2 is 2.27 bits per heavy atom. The minimum atomic E-state index is 0.760. The second-order valence-corrected chi connectivity index (χ2v) is 3.85. The summed E-state index contributed by atoms with van der Waals surface area (Å²) in [6.07, 6.45) is 2.81. The van der Waals surface area contributed by atoms with Crippen LogP contribution in [0.5, 0.6) is 0 Å². The normalized spacial score (nSPS) is 10.5. The van der Waals surface area contributed by atoms with Gasteiger partial charge in [-0.25, -0.2) is 4.68 Å². The summed E-state index contributed by atoms with van der Waals surface area (Å²) in [7, 11) is 0. The zero-order valence-electron chi connectivity index (χ0n) is 8.52. The molecule has 2 rings (SSSR count). The molecule has 15 heavy (non-hydrogen) atoms. The monoisotopic (exact) mass is 265 g/mol.